The molecule has 1 atom stereocenters. The molecule has 0 aromatic heterocycles. The second kappa shape index (κ2) is 6.28. The van der Waals surface area contributed by atoms with E-state index >= 15 is 0 Å². The average Bonchev–Trinajstić information content (AvgIpc) is 2.41. The van der Waals surface area contributed by atoms with Crippen LogP contribution in [-0.4, -0.2) is 12.6 Å². The van der Waals surface area contributed by atoms with Gasteiger partial charge < -0.3 is 10.1 Å². The lowest BCUT2D eigenvalue weighted by atomic mass is 10.2. The van der Waals surface area contributed by atoms with Gasteiger partial charge in [-0.3, -0.25) is 0 Å². The van der Waals surface area contributed by atoms with E-state index < -0.39 is 0 Å². The molecule has 0 aliphatic carbocycles. The minimum absolute atomic E-state index is 0.129. The zero-order valence-electron chi connectivity index (χ0n) is 11.8. The fourth-order valence-electron chi connectivity index (χ4n) is 1.82. The lowest BCUT2D eigenvalue weighted by Gasteiger charge is -2.16. The topological polar surface area (TPSA) is 21.3 Å². The third-order valence-corrected chi connectivity index (χ3v) is 3.00. The molecule has 0 bridgehead atoms. The molecule has 2 rings (SSSR count). The maximum absolute atomic E-state index is 5.85. The predicted molar refractivity (Wildman–Crippen MR) is 80.9 cm³/mol. The molecule has 100 valence electrons. The maximum Gasteiger partial charge on any atom is 0.119 e. The van der Waals surface area contributed by atoms with Crippen molar-refractivity contribution in [2.24, 2.45) is 0 Å². The molecule has 0 aliphatic heterocycles. The van der Waals surface area contributed by atoms with Crippen LogP contribution in [0.2, 0.25) is 0 Å². The molecule has 0 aliphatic rings. The number of nitrogens with one attached hydrogen (secondary N) is 1. The Hall–Kier alpha value is -1.96. The minimum Gasteiger partial charge on any atom is -0.489 e. The van der Waals surface area contributed by atoms with Crippen LogP contribution in [0.4, 0.5) is 5.69 Å². The number of anilines is 1. The fraction of sp³-hybridized carbons (Fsp3) is 0.294. The first-order chi connectivity index (χ1) is 9.13. The van der Waals surface area contributed by atoms with Gasteiger partial charge in [0.2, 0.25) is 0 Å². The first kappa shape index (κ1) is 13.5. The lowest BCUT2D eigenvalue weighted by Crippen LogP contribution is -2.22. The van der Waals surface area contributed by atoms with Gasteiger partial charge in [0, 0.05) is 5.69 Å². The van der Waals surface area contributed by atoms with E-state index in [0.29, 0.717) is 0 Å². The molecule has 0 saturated carbocycles. The first-order valence-corrected chi connectivity index (χ1v) is 6.67. The Balaban J connectivity index is 1.82. The second-order valence-corrected chi connectivity index (χ2v) is 4.99. The largest absolute Gasteiger partial charge is 0.489 e. The van der Waals surface area contributed by atoms with Crippen molar-refractivity contribution in [2.45, 2.75) is 26.9 Å². The molecule has 0 radical (unpaired) electrons. The molecule has 2 nitrogen and oxygen atoms in total. The highest BCUT2D eigenvalue weighted by Crippen LogP contribution is 2.14. The molecular weight excluding hydrogens is 234 g/mol. The van der Waals surface area contributed by atoms with Crippen LogP contribution in [0.15, 0.2) is 48.5 Å². The Morgan fingerprint density at radius 2 is 1.42 bits per heavy atom. The van der Waals surface area contributed by atoms with E-state index in [2.05, 4.69) is 62.5 Å². The number of ether oxygens (including phenoxy) is 1. The van der Waals surface area contributed by atoms with E-state index in [-0.39, 0.29) is 6.10 Å². The van der Waals surface area contributed by atoms with Gasteiger partial charge in [-0.25, -0.2) is 0 Å². The summed E-state index contributed by atoms with van der Waals surface area (Å²) in [5, 5.41) is 3.38. The summed E-state index contributed by atoms with van der Waals surface area (Å²) in [4.78, 5) is 0. The molecule has 0 spiro atoms. The highest BCUT2D eigenvalue weighted by atomic mass is 16.5. The van der Waals surface area contributed by atoms with Crippen LogP contribution in [0.25, 0.3) is 0 Å². The van der Waals surface area contributed by atoms with Gasteiger partial charge >= 0.3 is 0 Å². The number of hydrogen-bond donors (Lipinski definition) is 1. The van der Waals surface area contributed by atoms with Gasteiger partial charge in [-0.05, 0) is 45.0 Å². The van der Waals surface area contributed by atoms with Crippen molar-refractivity contribution in [3.05, 3.63) is 59.7 Å². The van der Waals surface area contributed by atoms with Gasteiger partial charge in [-0.15, -0.1) is 0 Å². The monoisotopic (exact) mass is 255 g/mol. The van der Waals surface area contributed by atoms with Crippen LogP contribution in [-0.2, 0) is 0 Å². The summed E-state index contributed by atoms with van der Waals surface area (Å²) in [6.07, 6.45) is 0.129. The third-order valence-electron chi connectivity index (χ3n) is 3.00. The Kier molecular flexibility index (Phi) is 4.45. The van der Waals surface area contributed by atoms with E-state index in [1.807, 2.05) is 12.1 Å². The Morgan fingerprint density at radius 3 is 2.00 bits per heavy atom. The summed E-state index contributed by atoms with van der Waals surface area (Å²) < 4.78 is 5.85. The average molecular weight is 255 g/mol. The van der Waals surface area contributed by atoms with Crippen molar-refractivity contribution >= 4 is 5.69 Å². The molecule has 0 fully saturated rings. The summed E-state index contributed by atoms with van der Waals surface area (Å²) >= 11 is 0. The molecular formula is C17H21NO. The van der Waals surface area contributed by atoms with Gasteiger partial charge in [0.15, 0.2) is 0 Å². The SMILES string of the molecule is Cc1ccc(NCC(C)Oc2ccc(C)cc2)cc1. The van der Waals surface area contributed by atoms with E-state index in [0.717, 1.165) is 18.0 Å². The van der Waals surface area contributed by atoms with Gasteiger partial charge in [0.25, 0.3) is 0 Å². The van der Waals surface area contributed by atoms with Crippen molar-refractivity contribution in [1.29, 1.82) is 0 Å². The second-order valence-electron chi connectivity index (χ2n) is 4.99. The van der Waals surface area contributed by atoms with Crippen LogP contribution in [0.1, 0.15) is 18.1 Å². The van der Waals surface area contributed by atoms with Crippen LogP contribution >= 0.6 is 0 Å². The van der Waals surface area contributed by atoms with E-state index in [9.17, 15) is 0 Å². The smallest absolute Gasteiger partial charge is 0.119 e. The van der Waals surface area contributed by atoms with E-state index in [4.69, 9.17) is 4.74 Å². The number of hydrogen-bond acceptors (Lipinski definition) is 2. The third kappa shape index (κ3) is 4.32. The molecule has 2 aromatic carbocycles. The highest BCUT2D eigenvalue weighted by molar-refractivity contribution is 5.44. The summed E-state index contributed by atoms with van der Waals surface area (Å²) in [5.74, 6) is 0.920. The Labute approximate surface area is 115 Å². The fourth-order valence-corrected chi connectivity index (χ4v) is 1.82. The lowest BCUT2D eigenvalue weighted by molar-refractivity contribution is 0.234. The summed E-state index contributed by atoms with van der Waals surface area (Å²) in [7, 11) is 0. The molecule has 19 heavy (non-hydrogen) atoms. The standard InChI is InChI=1S/C17H21NO/c1-13-4-8-16(9-5-13)18-12-15(3)19-17-10-6-14(2)7-11-17/h4-11,15,18H,12H2,1-3H3. The van der Waals surface area contributed by atoms with Crippen molar-refractivity contribution in [3.63, 3.8) is 0 Å². The summed E-state index contributed by atoms with van der Waals surface area (Å²) in [6, 6.07) is 16.5. The predicted octanol–water partition coefficient (Wildman–Crippen LogP) is 4.18. The number of benzene rings is 2. The van der Waals surface area contributed by atoms with E-state index in [1.165, 1.54) is 11.1 Å². The molecule has 2 heteroatoms. The Bertz CT molecular complexity index is 502. The highest BCUT2D eigenvalue weighted by Gasteiger charge is 2.03. The summed E-state index contributed by atoms with van der Waals surface area (Å²) in [6.45, 7) is 7.02. The maximum atomic E-state index is 5.85. The van der Waals surface area contributed by atoms with Crippen LogP contribution in [0.3, 0.4) is 0 Å². The zero-order valence-corrected chi connectivity index (χ0v) is 11.8. The zero-order chi connectivity index (χ0) is 13.7. The molecule has 1 unspecified atom stereocenters. The van der Waals surface area contributed by atoms with Gasteiger partial charge in [0.1, 0.15) is 11.9 Å². The van der Waals surface area contributed by atoms with Crippen LogP contribution in [0.5, 0.6) is 5.75 Å². The van der Waals surface area contributed by atoms with Crippen molar-refractivity contribution in [2.75, 3.05) is 11.9 Å². The number of rotatable bonds is 5. The molecule has 1 N–H and O–H groups in total. The normalized spacial score (nSPS) is 11.9. The molecule has 0 amide bonds. The van der Waals surface area contributed by atoms with Gasteiger partial charge in [-0.2, -0.15) is 0 Å². The van der Waals surface area contributed by atoms with Crippen molar-refractivity contribution in [3.8, 4) is 5.75 Å². The van der Waals surface area contributed by atoms with E-state index in [1.54, 1.807) is 0 Å². The molecule has 0 saturated heterocycles. The van der Waals surface area contributed by atoms with Crippen molar-refractivity contribution < 1.29 is 4.74 Å². The summed E-state index contributed by atoms with van der Waals surface area (Å²) in [5.41, 5.74) is 3.65. The molecule has 2 aromatic rings. The molecule has 0 heterocycles. The van der Waals surface area contributed by atoms with Crippen molar-refractivity contribution in [1.82, 2.24) is 0 Å². The Morgan fingerprint density at radius 1 is 0.895 bits per heavy atom. The van der Waals surface area contributed by atoms with Gasteiger partial charge in [0.05, 0.1) is 6.54 Å². The number of aryl methyl sites for hydroxylation is 2. The quantitative estimate of drug-likeness (QED) is 0.865. The van der Waals surface area contributed by atoms with Gasteiger partial charge in [-0.1, -0.05) is 35.4 Å². The minimum atomic E-state index is 0.129. The van der Waals surface area contributed by atoms with Crippen LogP contribution in [0, 0.1) is 13.8 Å². The van der Waals surface area contributed by atoms with Crippen LogP contribution < -0.4 is 10.1 Å². The first-order valence-electron chi connectivity index (χ1n) is 6.67.